The van der Waals surface area contributed by atoms with E-state index in [9.17, 15) is 26.4 Å². The van der Waals surface area contributed by atoms with Gasteiger partial charge in [0.1, 0.15) is 4.90 Å². The van der Waals surface area contributed by atoms with Crippen LogP contribution in [0.15, 0.2) is 113 Å². The van der Waals surface area contributed by atoms with Gasteiger partial charge in [0.2, 0.25) is 10.0 Å². The third kappa shape index (κ3) is 8.92. The zero-order valence-electron chi connectivity index (χ0n) is 24.5. The third-order valence-corrected chi connectivity index (χ3v) is 9.99. The molecule has 13 heteroatoms. The lowest BCUT2D eigenvalue weighted by Gasteiger charge is -2.25. The minimum atomic E-state index is -4.39. The molecule has 0 atom stereocenters. The summed E-state index contributed by atoms with van der Waals surface area (Å²) < 4.78 is 62.6. The van der Waals surface area contributed by atoms with E-state index in [1.165, 1.54) is 42.5 Å². The normalized spacial score (nSPS) is 11.6. The van der Waals surface area contributed by atoms with E-state index in [4.69, 9.17) is 16.3 Å². The van der Waals surface area contributed by atoms with Gasteiger partial charge in [-0.25, -0.2) is 21.6 Å². The first-order valence-electron chi connectivity index (χ1n) is 13.9. The number of para-hydroxylation sites is 1. The molecule has 0 aliphatic heterocycles. The van der Waals surface area contributed by atoms with Gasteiger partial charge in [0.15, 0.2) is 0 Å². The second kappa shape index (κ2) is 14.7. The Bertz CT molecular complexity index is 1870. The molecule has 0 bridgehead atoms. The van der Waals surface area contributed by atoms with E-state index in [0.717, 1.165) is 4.31 Å². The summed E-state index contributed by atoms with van der Waals surface area (Å²) in [6.45, 7) is 2.96. The second-order valence-electron chi connectivity index (χ2n) is 10.1. The smallest absolute Gasteiger partial charge is 0.310 e. The van der Waals surface area contributed by atoms with E-state index < -0.39 is 31.9 Å². The molecule has 45 heavy (non-hydrogen) atoms. The lowest BCUT2D eigenvalue weighted by Crippen LogP contribution is -2.39. The fourth-order valence-electron chi connectivity index (χ4n) is 4.39. The van der Waals surface area contributed by atoms with Gasteiger partial charge < -0.3 is 10.1 Å². The Hall–Kier alpha value is -4.23. The molecule has 0 aliphatic rings. The van der Waals surface area contributed by atoms with Gasteiger partial charge in [-0.3, -0.25) is 13.9 Å². The number of amides is 1. The van der Waals surface area contributed by atoms with Crippen molar-refractivity contribution < 1.29 is 31.2 Å². The number of esters is 1. The van der Waals surface area contributed by atoms with Crippen molar-refractivity contribution in [2.24, 2.45) is 0 Å². The number of ether oxygens (including phenoxy) is 1. The van der Waals surface area contributed by atoms with Gasteiger partial charge in [0.05, 0.1) is 28.7 Å². The zero-order valence-corrected chi connectivity index (χ0v) is 26.9. The zero-order chi connectivity index (χ0) is 32.6. The molecule has 4 aromatic carbocycles. The first-order chi connectivity index (χ1) is 21.4. The molecule has 1 amide bonds. The van der Waals surface area contributed by atoms with Gasteiger partial charge in [-0.05, 0) is 80.1 Å². The number of hydrogen-bond donors (Lipinski definition) is 2. The standard InChI is InChI=1S/C32H32ClN3O7S2/c1-23(2)43-31(37)22-24-9-8-10-26(21-24)35-32(38)29-13-6-7-14-30(29)45(41,42)36(27-11-4-3-5-12-27)20-19-34-44(39,40)28-17-15-25(33)16-18-28/h3-18,21,23,34H,19-20,22H2,1-2H3,(H,35,38). The summed E-state index contributed by atoms with van der Waals surface area (Å²) in [6.07, 6.45) is -0.265. The molecular weight excluding hydrogens is 638 g/mol. The maximum absolute atomic E-state index is 14.1. The highest BCUT2D eigenvalue weighted by Crippen LogP contribution is 2.27. The van der Waals surface area contributed by atoms with E-state index >= 15 is 0 Å². The van der Waals surface area contributed by atoms with Crippen LogP contribution in [0.25, 0.3) is 0 Å². The molecule has 0 fully saturated rings. The van der Waals surface area contributed by atoms with E-state index in [1.807, 2.05) is 0 Å². The number of carbonyl (C=O) groups is 2. The van der Waals surface area contributed by atoms with Crippen molar-refractivity contribution in [3.8, 4) is 0 Å². The van der Waals surface area contributed by atoms with Crippen LogP contribution in [0.4, 0.5) is 11.4 Å². The summed E-state index contributed by atoms with van der Waals surface area (Å²) in [7, 11) is -8.35. The molecule has 4 rings (SSSR count). The van der Waals surface area contributed by atoms with Crippen LogP contribution in [-0.2, 0) is 36.0 Å². The van der Waals surface area contributed by atoms with Gasteiger partial charge in [0, 0.05) is 23.8 Å². The van der Waals surface area contributed by atoms with E-state index in [-0.39, 0.29) is 46.7 Å². The Morgan fingerprint density at radius 2 is 1.51 bits per heavy atom. The van der Waals surface area contributed by atoms with Crippen molar-refractivity contribution in [1.29, 1.82) is 0 Å². The Morgan fingerprint density at radius 1 is 0.844 bits per heavy atom. The van der Waals surface area contributed by atoms with Crippen molar-refractivity contribution in [1.82, 2.24) is 4.72 Å². The lowest BCUT2D eigenvalue weighted by molar-refractivity contribution is -0.146. The topological polar surface area (TPSA) is 139 Å². The van der Waals surface area contributed by atoms with Crippen molar-refractivity contribution in [3.63, 3.8) is 0 Å². The third-order valence-electron chi connectivity index (χ3n) is 6.38. The number of hydrogen-bond acceptors (Lipinski definition) is 7. The number of halogens is 1. The molecule has 0 radical (unpaired) electrons. The Balaban J connectivity index is 1.58. The maximum atomic E-state index is 14.1. The average molecular weight is 670 g/mol. The first-order valence-corrected chi connectivity index (χ1v) is 17.2. The second-order valence-corrected chi connectivity index (χ2v) is 14.2. The number of rotatable bonds is 13. The largest absolute Gasteiger partial charge is 0.463 e. The van der Waals surface area contributed by atoms with Crippen molar-refractivity contribution in [2.75, 3.05) is 22.7 Å². The van der Waals surface area contributed by atoms with E-state index in [2.05, 4.69) is 10.0 Å². The molecular formula is C32H32ClN3O7S2. The fourth-order valence-corrected chi connectivity index (χ4v) is 7.19. The number of nitrogens with zero attached hydrogens (tertiary/aromatic N) is 1. The molecule has 236 valence electrons. The number of nitrogens with one attached hydrogen (secondary N) is 2. The van der Waals surface area contributed by atoms with E-state index in [1.54, 1.807) is 74.5 Å². The van der Waals surface area contributed by atoms with Crippen LogP contribution in [0.2, 0.25) is 5.02 Å². The molecule has 0 heterocycles. The molecule has 0 spiro atoms. The van der Waals surface area contributed by atoms with Gasteiger partial charge in [-0.2, -0.15) is 0 Å². The Morgan fingerprint density at radius 3 is 2.20 bits per heavy atom. The highest BCUT2D eigenvalue weighted by Gasteiger charge is 2.30. The summed E-state index contributed by atoms with van der Waals surface area (Å²) in [6, 6.07) is 26.1. The fraction of sp³-hybridized carbons (Fsp3) is 0.188. The highest BCUT2D eigenvalue weighted by molar-refractivity contribution is 7.93. The summed E-state index contributed by atoms with van der Waals surface area (Å²) >= 11 is 5.87. The number of benzene rings is 4. The molecule has 0 aromatic heterocycles. The predicted octanol–water partition coefficient (Wildman–Crippen LogP) is 5.26. The van der Waals surface area contributed by atoms with Gasteiger partial charge in [-0.1, -0.05) is 54.1 Å². The molecule has 0 aliphatic carbocycles. The number of carbonyl (C=O) groups excluding carboxylic acids is 2. The van der Waals surface area contributed by atoms with Crippen molar-refractivity contribution in [2.45, 2.75) is 36.2 Å². The highest BCUT2D eigenvalue weighted by atomic mass is 35.5. The van der Waals surface area contributed by atoms with Crippen LogP contribution in [0.3, 0.4) is 0 Å². The average Bonchev–Trinajstić information content (AvgIpc) is 2.99. The van der Waals surface area contributed by atoms with Crippen LogP contribution in [0, 0.1) is 0 Å². The summed E-state index contributed by atoms with van der Waals surface area (Å²) in [4.78, 5) is 25.3. The van der Waals surface area contributed by atoms with Crippen LogP contribution in [0.1, 0.15) is 29.8 Å². The Kier molecular flexibility index (Phi) is 11.0. The molecule has 4 aromatic rings. The Labute approximate surface area is 268 Å². The maximum Gasteiger partial charge on any atom is 0.310 e. The monoisotopic (exact) mass is 669 g/mol. The molecule has 0 saturated heterocycles. The minimum absolute atomic E-state index is 0.000661. The van der Waals surface area contributed by atoms with E-state index in [0.29, 0.717) is 16.3 Å². The van der Waals surface area contributed by atoms with Crippen LogP contribution >= 0.6 is 11.6 Å². The molecule has 0 saturated carbocycles. The predicted molar refractivity (Wildman–Crippen MR) is 173 cm³/mol. The van der Waals surface area contributed by atoms with Crippen molar-refractivity contribution in [3.05, 3.63) is 119 Å². The van der Waals surface area contributed by atoms with Crippen molar-refractivity contribution >= 4 is 54.9 Å². The molecule has 10 nitrogen and oxygen atoms in total. The summed E-state index contributed by atoms with van der Waals surface area (Å²) in [5.74, 6) is -1.10. The number of sulfonamides is 2. The van der Waals surface area contributed by atoms with Crippen LogP contribution in [0.5, 0.6) is 0 Å². The minimum Gasteiger partial charge on any atom is -0.463 e. The molecule has 0 unspecified atom stereocenters. The van der Waals surface area contributed by atoms with Crippen LogP contribution < -0.4 is 14.3 Å². The summed E-state index contributed by atoms with van der Waals surface area (Å²) in [5, 5.41) is 3.09. The number of anilines is 2. The quantitative estimate of drug-likeness (QED) is 0.185. The van der Waals surface area contributed by atoms with Gasteiger partial charge in [0.25, 0.3) is 15.9 Å². The van der Waals surface area contributed by atoms with Gasteiger partial charge >= 0.3 is 5.97 Å². The summed E-state index contributed by atoms with van der Waals surface area (Å²) in [5.41, 5.74) is 1.12. The van der Waals surface area contributed by atoms with Gasteiger partial charge in [-0.15, -0.1) is 0 Å². The lowest BCUT2D eigenvalue weighted by atomic mass is 10.1. The molecule has 2 N–H and O–H groups in total. The SMILES string of the molecule is CC(C)OC(=O)Cc1cccc(NC(=O)c2ccccc2S(=O)(=O)N(CCNS(=O)(=O)c2ccc(Cl)cc2)c2ccccc2)c1. The van der Waals surface area contributed by atoms with Crippen LogP contribution in [-0.4, -0.2) is 47.9 Å². The first kappa shape index (κ1) is 33.7.